The second kappa shape index (κ2) is 8.80. The van der Waals surface area contributed by atoms with Crippen LogP contribution in [0, 0.1) is 5.92 Å². The van der Waals surface area contributed by atoms with E-state index in [2.05, 4.69) is 4.74 Å². The zero-order valence-electron chi connectivity index (χ0n) is 11.4. The summed E-state index contributed by atoms with van der Waals surface area (Å²) in [6.07, 6.45) is -8.79. The van der Waals surface area contributed by atoms with Crippen LogP contribution in [0.5, 0.6) is 0 Å². The molecule has 11 heteroatoms. The topological polar surface area (TPSA) is 26.3 Å². The van der Waals surface area contributed by atoms with Crippen LogP contribution in [0.1, 0.15) is 41.5 Å². The molecule has 2 nitrogen and oxygen atoms in total. The summed E-state index contributed by atoms with van der Waals surface area (Å²) in [5.74, 6) is -21.1. The molecule has 0 aromatic carbocycles. The highest BCUT2D eigenvalue weighted by Crippen LogP contribution is 2.53. The zero-order chi connectivity index (χ0) is 18.0. The first kappa shape index (κ1) is 27.7. The Morgan fingerprint density at radius 2 is 1.33 bits per heavy atom. The molecule has 0 rings (SSSR count). The van der Waals surface area contributed by atoms with E-state index in [9.17, 15) is 44.3 Å². The van der Waals surface area contributed by atoms with Crippen LogP contribution in [0.15, 0.2) is 0 Å². The molecule has 0 heterocycles. The third-order valence-corrected chi connectivity index (χ3v) is 2.88. The molecule has 0 bridgehead atoms. The fourth-order valence-electron chi connectivity index (χ4n) is 1.15. The number of rotatable bonds is 7. The van der Waals surface area contributed by atoms with Crippen LogP contribution >= 0.6 is 0 Å². The molecule has 0 radical (unpaired) electrons. The van der Waals surface area contributed by atoms with Crippen molar-refractivity contribution in [3.05, 3.63) is 0 Å². The molecular formula is C13H21F9O2. The summed E-state index contributed by atoms with van der Waals surface area (Å²) in [5.41, 5.74) is 0. The predicted molar refractivity (Wildman–Crippen MR) is 69.4 cm³/mol. The monoisotopic (exact) mass is 380 g/mol. The fourth-order valence-corrected chi connectivity index (χ4v) is 1.15. The summed E-state index contributed by atoms with van der Waals surface area (Å²) < 4.78 is 116. The van der Waals surface area contributed by atoms with Crippen LogP contribution < -0.4 is 0 Å². The summed E-state index contributed by atoms with van der Waals surface area (Å²) in [4.78, 5) is 11.1. The van der Waals surface area contributed by atoms with Crippen LogP contribution in [0.3, 0.4) is 0 Å². The van der Waals surface area contributed by atoms with Gasteiger partial charge in [-0.2, -0.15) is 39.5 Å². The van der Waals surface area contributed by atoms with E-state index in [1.54, 1.807) is 0 Å². The summed E-state index contributed by atoms with van der Waals surface area (Å²) in [7, 11) is 0. The van der Waals surface area contributed by atoms with Crippen molar-refractivity contribution in [2.45, 2.75) is 65.5 Å². The average molecular weight is 380 g/mol. The third kappa shape index (κ3) is 5.44. The molecule has 0 N–H and O–H groups in total. The second-order valence-electron chi connectivity index (χ2n) is 4.58. The van der Waals surface area contributed by atoms with E-state index in [1.165, 1.54) is 13.8 Å². The third-order valence-electron chi connectivity index (χ3n) is 2.88. The van der Waals surface area contributed by atoms with E-state index in [0.717, 1.165) is 0 Å². The Hall–Kier alpha value is -1.16. The lowest BCUT2D eigenvalue weighted by Crippen LogP contribution is -2.61. The van der Waals surface area contributed by atoms with Crippen molar-refractivity contribution in [1.29, 1.82) is 0 Å². The van der Waals surface area contributed by atoms with Crippen LogP contribution in [-0.2, 0) is 9.53 Å². The molecule has 0 aliphatic carbocycles. The maximum Gasteiger partial charge on any atom is 0.460 e. The van der Waals surface area contributed by atoms with Crippen molar-refractivity contribution >= 4 is 5.97 Å². The van der Waals surface area contributed by atoms with Gasteiger partial charge in [0.05, 0.1) is 18.9 Å². The summed E-state index contributed by atoms with van der Waals surface area (Å²) in [5, 5.41) is 0. The number of esters is 1. The normalized spacial score (nSPS) is 14.3. The Morgan fingerprint density at radius 1 is 0.917 bits per heavy atom. The van der Waals surface area contributed by atoms with E-state index in [1.807, 2.05) is 0 Å². The van der Waals surface area contributed by atoms with Gasteiger partial charge in [0.15, 0.2) is 0 Å². The minimum atomic E-state index is -6.93. The van der Waals surface area contributed by atoms with Crippen molar-refractivity contribution in [3.8, 4) is 0 Å². The van der Waals surface area contributed by atoms with Gasteiger partial charge in [0.25, 0.3) is 0 Å². The van der Waals surface area contributed by atoms with Gasteiger partial charge < -0.3 is 4.74 Å². The van der Waals surface area contributed by atoms with Crippen LogP contribution in [0.2, 0.25) is 0 Å². The Labute approximate surface area is 134 Å². The number of alkyl halides is 9. The number of hydrogen-bond acceptors (Lipinski definition) is 2. The minimum absolute atomic E-state index is 0. The molecule has 0 aliphatic heterocycles. The zero-order valence-corrected chi connectivity index (χ0v) is 11.4. The van der Waals surface area contributed by atoms with Gasteiger partial charge in [0, 0.05) is 0 Å². The Kier molecular flexibility index (Phi) is 10.1. The number of ether oxygens (including phenoxy) is 1. The van der Waals surface area contributed by atoms with Crippen molar-refractivity contribution in [1.82, 2.24) is 0 Å². The lowest BCUT2D eigenvalue weighted by Gasteiger charge is -2.33. The van der Waals surface area contributed by atoms with Gasteiger partial charge in [0.1, 0.15) is 0 Å². The van der Waals surface area contributed by atoms with Gasteiger partial charge >= 0.3 is 29.9 Å². The highest BCUT2D eigenvalue weighted by atomic mass is 19.4. The smallest absolute Gasteiger partial charge is 0.460 e. The van der Waals surface area contributed by atoms with E-state index in [0.29, 0.717) is 0 Å². The van der Waals surface area contributed by atoms with Crippen molar-refractivity contribution < 1.29 is 49.0 Å². The Balaban J connectivity index is -0.00000220. The van der Waals surface area contributed by atoms with Gasteiger partial charge in [-0.15, -0.1) is 0 Å². The number of halogens is 9. The molecule has 0 aliphatic rings. The highest BCUT2D eigenvalue weighted by Gasteiger charge is 2.81. The van der Waals surface area contributed by atoms with Crippen LogP contribution in [0.4, 0.5) is 39.5 Å². The lowest BCUT2D eigenvalue weighted by molar-refractivity contribution is -0.397. The van der Waals surface area contributed by atoms with Crippen LogP contribution in [-0.4, -0.2) is 36.5 Å². The van der Waals surface area contributed by atoms with Gasteiger partial charge in [-0.05, 0) is 6.42 Å². The van der Waals surface area contributed by atoms with E-state index >= 15 is 0 Å². The molecular weight excluding hydrogens is 359 g/mol. The molecule has 0 saturated heterocycles. The maximum absolute atomic E-state index is 13.0. The average Bonchev–Trinajstić information content (AvgIpc) is 2.35. The lowest BCUT2D eigenvalue weighted by atomic mass is 10.0. The predicted octanol–water partition coefficient (Wildman–Crippen LogP) is 5.71. The molecule has 1 atom stereocenters. The van der Waals surface area contributed by atoms with Gasteiger partial charge in [-0.1, -0.05) is 28.7 Å². The maximum atomic E-state index is 13.0. The molecule has 0 spiro atoms. The second-order valence-corrected chi connectivity index (χ2v) is 4.58. The van der Waals surface area contributed by atoms with E-state index in [-0.39, 0.29) is 21.3 Å². The van der Waals surface area contributed by atoms with Crippen molar-refractivity contribution in [3.63, 3.8) is 0 Å². The number of carbonyl (C=O) groups is 1. The molecule has 0 amide bonds. The summed E-state index contributed by atoms with van der Waals surface area (Å²) >= 11 is 0. The van der Waals surface area contributed by atoms with E-state index in [4.69, 9.17) is 0 Å². The van der Waals surface area contributed by atoms with Crippen molar-refractivity contribution in [2.75, 3.05) is 6.61 Å². The van der Waals surface area contributed by atoms with Gasteiger partial charge in [-0.3, -0.25) is 4.79 Å². The summed E-state index contributed by atoms with van der Waals surface area (Å²) in [6, 6.07) is 0. The van der Waals surface area contributed by atoms with E-state index < -0.39 is 48.9 Å². The molecule has 148 valence electrons. The highest BCUT2D eigenvalue weighted by molar-refractivity contribution is 5.71. The van der Waals surface area contributed by atoms with Crippen LogP contribution in [0.25, 0.3) is 0 Å². The number of carbonyl (C=O) groups excluding carboxylic acids is 1. The summed E-state index contributed by atoms with van der Waals surface area (Å²) in [6.45, 7) is 1.44. The first-order valence-corrected chi connectivity index (χ1v) is 5.98. The fraction of sp³-hybridized carbons (Fsp3) is 0.923. The quantitative estimate of drug-likeness (QED) is 0.418. The Morgan fingerprint density at radius 3 is 1.67 bits per heavy atom. The molecule has 0 aromatic heterocycles. The largest absolute Gasteiger partial charge is 0.465 e. The molecule has 0 fully saturated rings. The molecule has 1 unspecified atom stereocenters. The standard InChI is InChI=1S/C11H13F9O2.2CH4/c1-3-6(2)7(21)22-5-4-8(12,13)9(14,15)10(16,17)11(18,19)20;;/h6H,3-5H2,1-2H3;2*1H4. The van der Waals surface area contributed by atoms with Gasteiger partial charge in [0.2, 0.25) is 0 Å². The molecule has 0 aromatic rings. The first-order chi connectivity index (χ1) is 9.62. The SMILES string of the molecule is C.C.CCC(C)C(=O)OCCC(F)(F)C(F)(F)C(F)(F)C(F)(F)F. The van der Waals surface area contributed by atoms with Gasteiger partial charge in [-0.25, -0.2) is 0 Å². The Bertz CT molecular complexity index is 391. The molecule has 24 heavy (non-hydrogen) atoms. The van der Waals surface area contributed by atoms with Crippen molar-refractivity contribution in [2.24, 2.45) is 5.92 Å². The number of hydrogen-bond donors (Lipinski definition) is 0. The first-order valence-electron chi connectivity index (χ1n) is 5.98. The minimum Gasteiger partial charge on any atom is -0.465 e. The molecule has 0 saturated carbocycles.